The molecule has 2 aliphatic carbocycles. The second kappa shape index (κ2) is 6.28. The van der Waals surface area contributed by atoms with Gasteiger partial charge in [0.25, 0.3) is 0 Å². The minimum atomic E-state index is 0.238. The molecular weight excluding hydrogens is 334 g/mol. The van der Waals surface area contributed by atoms with Crippen molar-refractivity contribution in [1.82, 2.24) is 5.32 Å². The maximum absolute atomic E-state index is 10.8. The molecule has 1 aliphatic heterocycles. The lowest BCUT2D eigenvalue weighted by Crippen LogP contribution is -2.59. The van der Waals surface area contributed by atoms with Crippen LogP contribution in [0.3, 0.4) is 0 Å². The number of phenols is 1. The topological polar surface area (TPSA) is 68.1 Å². The number of hydrogen-bond acceptors (Lipinski definition) is 4. The van der Waals surface area contributed by atoms with Gasteiger partial charge in [-0.15, -0.1) is 0 Å². The molecular formula is C23H25N3O. The largest absolute Gasteiger partial charge is 0.506 e. The number of aromatic hydroxyl groups is 1. The fourth-order valence-electron chi connectivity index (χ4n) is 5.91. The van der Waals surface area contributed by atoms with Gasteiger partial charge in [-0.1, -0.05) is 25.0 Å². The van der Waals surface area contributed by atoms with Crippen molar-refractivity contribution in [3.05, 3.63) is 53.1 Å². The van der Waals surface area contributed by atoms with Crippen LogP contribution in [0.25, 0.3) is 0 Å². The first kappa shape index (κ1) is 16.6. The number of para-hydroxylation sites is 1. The highest BCUT2D eigenvalue weighted by atomic mass is 16.3. The van der Waals surface area contributed by atoms with E-state index >= 15 is 0 Å². The van der Waals surface area contributed by atoms with E-state index in [1.165, 1.54) is 43.2 Å². The number of piperidine rings is 1. The van der Waals surface area contributed by atoms with Crippen LogP contribution in [0.4, 0.5) is 11.4 Å². The molecule has 27 heavy (non-hydrogen) atoms. The molecule has 0 aromatic heterocycles. The number of anilines is 2. The molecule has 3 aliphatic rings. The van der Waals surface area contributed by atoms with Gasteiger partial charge in [0.2, 0.25) is 0 Å². The van der Waals surface area contributed by atoms with Gasteiger partial charge in [-0.05, 0) is 73.5 Å². The Kier molecular flexibility index (Phi) is 3.87. The molecule has 4 nitrogen and oxygen atoms in total. The fourth-order valence-corrected chi connectivity index (χ4v) is 5.91. The lowest BCUT2D eigenvalue weighted by atomic mass is 9.53. The first-order valence-electron chi connectivity index (χ1n) is 10.1. The van der Waals surface area contributed by atoms with Crippen LogP contribution in [0.1, 0.15) is 48.8 Å². The predicted octanol–water partition coefficient (Wildman–Crippen LogP) is 4.35. The Hall–Kier alpha value is -2.51. The van der Waals surface area contributed by atoms with E-state index in [9.17, 15) is 10.4 Å². The smallest absolute Gasteiger partial charge is 0.139 e. The molecule has 2 bridgehead atoms. The minimum Gasteiger partial charge on any atom is -0.506 e. The van der Waals surface area contributed by atoms with Crippen molar-refractivity contribution in [2.45, 2.75) is 50.0 Å². The zero-order chi connectivity index (χ0) is 18.4. The molecule has 0 unspecified atom stereocenters. The van der Waals surface area contributed by atoms with Crippen molar-refractivity contribution >= 4 is 11.4 Å². The van der Waals surface area contributed by atoms with Gasteiger partial charge in [0, 0.05) is 11.5 Å². The minimum absolute atomic E-state index is 0.238. The Labute approximate surface area is 160 Å². The summed E-state index contributed by atoms with van der Waals surface area (Å²) in [4.78, 5) is 0. The van der Waals surface area contributed by atoms with Gasteiger partial charge < -0.3 is 15.7 Å². The molecule has 5 rings (SSSR count). The zero-order valence-corrected chi connectivity index (χ0v) is 15.5. The molecule has 0 radical (unpaired) electrons. The third-order valence-corrected chi connectivity index (χ3v) is 7.08. The van der Waals surface area contributed by atoms with E-state index in [0.717, 1.165) is 18.7 Å². The molecule has 2 aromatic rings. The number of benzene rings is 2. The molecule has 0 spiro atoms. The summed E-state index contributed by atoms with van der Waals surface area (Å²) in [6.07, 6.45) is 7.36. The number of nitrogens with zero attached hydrogens (tertiary/aromatic N) is 1. The second-order valence-corrected chi connectivity index (χ2v) is 8.33. The molecule has 3 N–H and O–H groups in total. The van der Waals surface area contributed by atoms with Crippen LogP contribution in [0.15, 0.2) is 36.4 Å². The van der Waals surface area contributed by atoms with Crippen LogP contribution in [0.5, 0.6) is 5.75 Å². The first-order chi connectivity index (χ1) is 13.2. The number of fused-ring (bicyclic) bond motifs is 1. The first-order valence-corrected chi connectivity index (χ1v) is 10.1. The number of phenolic OH excluding ortho intramolecular Hbond substituents is 1. The highest BCUT2D eigenvalue weighted by Gasteiger charge is 2.51. The normalized spacial score (nSPS) is 28.6. The summed E-state index contributed by atoms with van der Waals surface area (Å²) in [7, 11) is 0. The third-order valence-electron chi connectivity index (χ3n) is 7.08. The Balaban J connectivity index is 1.57. The molecule has 1 saturated carbocycles. The van der Waals surface area contributed by atoms with Gasteiger partial charge in [-0.25, -0.2) is 0 Å². The van der Waals surface area contributed by atoms with Crippen molar-refractivity contribution in [3.8, 4) is 11.8 Å². The van der Waals surface area contributed by atoms with Gasteiger partial charge in [0.1, 0.15) is 11.8 Å². The summed E-state index contributed by atoms with van der Waals surface area (Å²) in [6.45, 7) is 1.08. The summed E-state index contributed by atoms with van der Waals surface area (Å²) in [5.74, 6) is 0.988. The van der Waals surface area contributed by atoms with E-state index in [1.807, 2.05) is 24.3 Å². The lowest BCUT2D eigenvalue weighted by molar-refractivity contribution is 0.0796. The Morgan fingerprint density at radius 3 is 2.93 bits per heavy atom. The standard InChI is InChI=1S/C23H25N3O/c24-14-15-5-1-2-7-19(15)26-21-12-16-11-20-17-6-3-4-8-23(17,9-10-25-20)18(16)13-22(21)27/h1-2,5,7,12-13,17,20,25-27H,3-4,6,8-11H2/t17-,20+,23+/m0/s1. The van der Waals surface area contributed by atoms with Gasteiger partial charge in [0.15, 0.2) is 0 Å². The number of rotatable bonds is 2. The maximum Gasteiger partial charge on any atom is 0.139 e. The average molecular weight is 359 g/mol. The molecule has 138 valence electrons. The van der Waals surface area contributed by atoms with E-state index in [-0.39, 0.29) is 11.2 Å². The highest BCUT2D eigenvalue weighted by Crippen LogP contribution is 2.55. The molecule has 1 saturated heterocycles. The summed E-state index contributed by atoms with van der Waals surface area (Å²) < 4.78 is 0. The number of nitriles is 1. The van der Waals surface area contributed by atoms with Gasteiger partial charge in [-0.3, -0.25) is 0 Å². The molecule has 2 fully saturated rings. The van der Waals surface area contributed by atoms with Crippen LogP contribution in [0, 0.1) is 17.2 Å². The van der Waals surface area contributed by atoms with E-state index < -0.39 is 0 Å². The van der Waals surface area contributed by atoms with Crippen LogP contribution in [-0.4, -0.2) is 17.7 Å². The van der Waals surface area contributed by atoms with E-state index in [2.05, 4.69) is 22.8 Å². The molecule has 4 heteroatoms. The molecule has 3 atom stereocenters. The van der Waals surface area contributed by atoms with Crippen LogP contribution in [0.2, 0.25) is 0 Å². The molecule has 1 heterocycles. The predicted molar refractivity (Wildman–Crippen MR) is 106 cm³/mol. The number of hydrogen-bond donors (Lipinski definition) is 3. The Bertz CT molecular complexity index is 928. The highest BCUT2D eigenvalue weighted by molar-refractivity contribution is 5.72. The Morgan fingerprint density at radius 2 is 2.04 bits per heavy atom. The summed E-state index contributed by atoms with van der Waals surface area (Å²) in [5.41, 5.74) is 4.97. The maximum atomic E-state index is 10.8. The van der Waals surface area contributed by atoms with Crippen LogP contribution >= 0.6 is 0 Å². The third kappa shape index (κ3) is 2.53. The van der Waals surface area contributed by atoms with Crippen molar-refractivity contribution in [1.29, 1.82) is 5.26 Å². The van der Waals surface area contributed by atoms with E-state index in [4.69, 9.17) is 0 Å². The van der Waals surface area contributed by atoms with Gasteiger partial charge in [-0.2, -0.15) is 5.26 Å². The second-order valence-electron chi connectivity index (χ2n) is 8.33. The van der Waals surface area contributed by atoms with E-state index in [0.29, 0.717) is 23.2 Å². The fraction of sp³-hybridized carbons (Fsp3) is 0.435. The average Bonchev–Trinajstić information content (AvgIpc) is 2.70. The van der Waals surface area contributed by atoms with Gasteiger partial charge in [0.05, 0.1) is 16.9 Å². The lowest BCUT2D eigenvalue weighted by Gasteiger charge is -2.56. The SMILES string of the molecule is N#Cc1ccccc1Nc1cc2c(cc1O)[C@@]13CCCC[C@H]1[C@@H](C2)NCC3. The van der Waals surface area contributed by atoms with Crippen molar-refractivity contribution in [2.75, 3.05) is 11.9 Å². The summed E-state index contributed by atoms with van der Waals surface area (Å²) in [6, 6.07) is 14.3. The quantitative estimate of drug-likeness (QED) is 0.697. The summed E-state index contributed by atoms with van der Waals surface area (Å²) >= 11 is 0. The van der Waals surface area contributed by atoms with Gasteiger partial charge >= 0.3 is 0 Å². The zero-order valence-electron chi connectivity index (χ0n) is 15.5. The Morgan fingerprint density at radius 1 is 1.15 bits per heavy atom. The number of nitrogens with one attached hydrogen (secondary N) is 2. The van der Waals surface area contributed by atoms with Crippen molar-refractivity contribution in [2.24, 2.45) is 5.92 Å². The molecule has 0 amide bonds. The van der Waals surface area contributed by atoms with Crippen LogP contribution in [-0.2, 0) is 11.8 Å². The van der Waals surface area contributed by atoms with Crippen molar-refractivity contribution in [3.63, 3.8) is 0 Å². The molecule has 2 aromatic carbocycles. The van der Waals surface area contributed by atoms with E-state index in [1.54, 1.807) is 6.07 Å². The summed E-state index contributed by atoms with van der Waals surface area (Å²) in [5, 5.41) is 27.2. The monoisotopic (exact) mass is 359 g/mol. The van der Waals surface area contributed by atoms with Crippen molar-refractivity contribution < 1.29 is 5.11 Å². The van der Waals surface area contributed by atoms with Crippen LogP contribution < -0.4 is 10.6 Å².